The number of unbranched alkanes of at least 4 members (excludes halogenated alkanes) is 1. The molecule has 4 heteroatoms. The Morgan fingerprint density at radius 2 is 1.83 bits per heavy atom. The van der Waals surface area contributed by atoms with Crippen LogP contribution in [0.3, 0.4) is 0 Å². The number of rotatable bonds is 5. The minimum absolute atomic E-state index is 0.203. The Kier molecular flexibility index (Phi) is 4.92. The van der Waals surface area contributed by atoms with Crippen molar-refractivity contribution < 1.29 is 19.1 Å². The first-order valence-corrected chi connectivity index (χ1v) is 3.81. The van der Waals surface area contributed by atoms with Crippen LogP contribution in [0.25, 0.3) is 0 Å². The third kappa shape index (κ3) is 3.85. The second-order valence-corrected chi connectivity index (χ2v) is 2.37. The molecule has 4 nitrogen and oxygen atoms in total. The lowest BCUT2D eigenvalue weighted by atomic mass is 10.3. The highest BCUT2D eigenvalue weighted by molar-refractivity contribution is 6.61. The third-order valence-electron chi connectivity index (χ3n) is 1.24. The van der Waals surface area contributed by atoms with Crippen LogP contribution in [-0.4, -0.2) is 24.1 Å². The molecule has 0 heterocycles. The molecule has 0 unspecified atom stereocenters. The van der Waals surface area contributed by atoms with Gasteiger partial charge in [0.15, 0.2) is 0 Å². The zero-order valence-corrected chi connectivity index (χ0v) is 7.25. The van der Waals surface area contributed by atoms with Crippen molar-refractivity contribution >= 4 is 17.5 Å². The van der Waals surface area contributed by atoms with Crippen LogP contribution in [0.4, 0.5) is 0 Å². The number of carbonyl (C=O) groups is 3. The summed E-state index contributed by atoms with van der Waals surface area (Å²) >= 11 is 0. The fraction of sp³-hybridized carbons (Fsp3) is 0.625. The smallest absolute Gasteiger partial charge is 0.382 e. The fourth-order valence-electron chi connectivity index (χ4n) is 0.518. The Balaban J connectivity index is 3.73. The summed E-state index contributed by atoms with van der Waals surface area (Å²) in [6.07, 6.45) is 1.58. The Bertz CT molecular complexity index is 195. The molecule has 0 amide bonds. The van der Waals surface area contributed by atoms with Crippen molar-refractivity contribution in [3.63, 3.8) is 0 Å². The second kappa shape index (κ2) is 5.46. The van der Waals surface area contributed by atoms with E-state index in [9.17, 15) is 14.4 Å². The summed E-state index contributed by atoms with van der Waals surface area (Å²) in [6, 6.07) is 0. The van der Waals surface area contributed by atoms with E-state index in [1.54, 1.807) is 0 Å². The summed E-state index contributed by atoms with van der Waals surface area (Å²) in [7, 11) is 0. The highest BCUT2D eigenvalue weighted by Gasteiger charge is 2.19. The van der Waals surface area contributed by atoms with E-state index >= 15 is 0 Å². The minimum atomic E-state index is -1.08. The van der Waals surface area contributed by atoms with Gasteiger partial charge >= 0.3 is 11.8 Å². The first kappa shape index (κ1) is 10.8. The summed E-state index contributed by atoms with van der Waals surface area (Å²) in [5.74, 6) is -2.90. The molecule has 0 aromatic heterocycles. The van der Waals surface area contributed by atoms with Gasteiger partial charge in [0, 0.05) is 6.92 Å². The zero-order valence-electron chi connectivity index (χ0n) is 7.25. The molecule has 12 heavy (non-hydrogen) atoms. The maximum absolute atomic E-state index is 10.7. The van der Waals surface area contributed by atoms with Crippen molar-refractivity contribution in [3.8, 4) is 0 Å². The summed E-state index contributed by atoms with van der Waals surface area (Å²) < 4.78 is 4.50. The van der Waals surface area contributed by atoms with Crippen LogP contribution in [-0.2, 0) is 19.1 Å². The highest BCUT2D eigenvalue weighted by Crippen LogP contribution is 1.90. The maximum atomic E-state index is 10.7. The normalized spacial score (nSPS) is 9.17. The Labute approximate surface area is 70.9 Å². The zero-order chi connectivity index (χ0) is 9.56. The number of ether oxygens (including phenoxy) is 1. The van der Waals surface area contributed by atoms with E-state index in [-0.39, 0.29) is 6.61 Å². The van der Waals surface area contributed by atoms with Crippen LogP contribution >= 0.6 is 0 Å². The van der Waals surface area contributed by atoms with Gasteiger partial charge < -0.3 is 4.74 Å². The maximum Gasteiger partial charge on any atom is 0.382 e. The molecular weight excluding hydrogens is 160 g/mol. The Morgan fingerprint density at radius 3 is 2.25 bits per heavy atom. The average molecular weight is 172 g/mol. The van der Waals surface area contributed by atoms with Crippen LogP contribution in [0.1, 0.15) is 26.7 Å². The van der Waals surface area contributed by atoms with Gasteiger partial charge in [-0.15, -0.1) is 0 Å². The third-order valence-corrected chi connectivity index (χ3v) is 1.24. The summed E-state index contributed by atoms with van der Waals surface area (Å²) in [4.78, 5) is 31.6. The first-order valence-electron chi connectivity index (χ1n) is 3.81. The van der Waals surface area contributed by atoms with Crippen molar-refractivity contribution in [2.75, 3.05) is 6.61 Å². The summed E-state index contributed by atoms with van der Waals surface area (Å²) in [5.41, 5.74) is 0. The van der Waals surface area contributed by atoms with E-state index in [0.717, 1.165) is 13.3 Å². The van der Waals surface area contributed by atoms with Crippen LogP contribution in [0.5, 0.6) is 0 Å². The van der Waals surface area contributed by atoms with Gasteiger partial charge in [0.25, 0.3) is 0 Å². The van der Waals surface area contributed by atoms with Crippen molar-refractivity contribution in [2.45, 2.75) is 26.7 Å². The number of Topliss-reactive ketones (excluding diaryl/α,β-unsaturated/α-hetero) is 2. The largest absolute Gasteiger partial charge is 0.460 e. The standard InChI is InChI=1S/C8H12O4/c1-3-4-5-12-8(11)7(10)6(2)9/h3-5H2,1-2H3. The van der Waals surface area contributed by atoms with Gasteiger partial charge in [0.1, 0.15) is 0 Å². The molecule has 0 aromatic carbocycles. The topological polar surface area (TPSA) is 60.4 Å². The number of hydrogen-bond donors (Lipinski definition) is 0. The molecule has 0 radical (unpaired) electrons. The monoisotopic (exact) mass is 172 g/mol. The van der Waals surface area contributed by atoms with Crippen molar-refractivity contribution in [1.82, 2.24) is 0 Å². The summed E-state index contributed by atoms with van der Waals surface area (Å²) in [5, 5.41) is 0. The van der Waals surface area contributed by atoms with Crippen LogP contribution in [0.2, 0.25) is 0 Å². The van der Waals surface area contributed by atoms with Crippen molar-refractivity contribution in [1.29, 1.82) is 0 Å². The van der Waals surface area contributed by atoms with Gasteiger partial charge in [0.2, 0.25) is 5.78 Å². The molecule has 0 aliphatic heterocycles. The minimum Gasteiger partial charge on any atom is -0.460 e. The predicted molar refractivity (Wildman–Crippen MR) is 41.6 cm³/mol. The molecule has 0 saturated carbocycles. The number of ketones is 2. The molecule has 0 fully saturated rings. The van der Waals surface area contributed by atoms with Gasteiger partial charge in [-0.3, -0.25) is 9.59 Å². The Morgan fingerprint density at radius 1 is 1.25 bits per heavy atom. The molecule has 0 rings (SSSR count). The van der Waals surface area contributed by atoms with E-state index in [4.69, 9.17) is 0 Å². The molecule has 0 atom stereocenters. The number of hydrogen-bond acceptors (Lipinski definition) is 4. The molecule has 0 bridgehead atoms. The lowest BCUT2D eigenvalue weighted by Crippen LogP contribution is -2.24. The van der Waals surface area contributed by atoms with E-state index in [2.05, 4.69) is 4.74 Å². The first-order chi connectivity index (χ1) is 5.59. The number of carbonyl (C=O) groups excluding carboxylic acids is 3. The van der Waals surface area contributed by atoms with E-state index < -0.39 is 17.5 Å². The quantitative estimate of drug-likeness (QED) is 0.262. The van der Waals surface area contributed by atoms with Crippen LogP contribution in [0.15, 0.2) is 0 Å². The van der Waals surface area contributed by atoms with Crippen LogP contribution in [0, 0.1) is 0 Å². The van der Waals surface area contributed by atoms with E-state index in [0.29, 0.717) is 6.42 Å². The SMILES string of the molecule is CCCCOC(=O)C(=O)C(C)=O. The molecule has 0 spiro atoms. The Hall–Kier alpha value is -1.19. The average Bonchev–Trinajstić information content (AvgIpc) is 2.03. The van der Waals surface area contributed by atoms with Crippen molar-refractivity contribution in [3.05, 3.63) is 0 Å². The molecule has 0 aliphatic carbocycles. The molecular formula is C8H12O4. The van der Waals surface area contributed by atoms with Gasteiger partial charge in [-0.25, -0.2) is 4.79 Å². The van der Waals surface area contributed by atoms with E-state index in [1.165, 1.54) is 0 Å². The predicted octanol–water partition coefficient (Wildman–Crippen LogP) is 0.488. The van der Waals surface area contributed by atoms with Crippen molar-refractivity contribution in [2.24, 2.45) is 0 Å². The van der Waals surface area contributed by atoms with Gasteiger partial charge in [-0.1, -0.05) is 13.3 Å². The molecule has 0 aliphatic rings. The molecule has 0 N–H and O–H groups in total. The molecule has 0 saturated heterocycles. The second-order valence-electron chi connectivity index (χ2n) is 2.37. The highest BCUT2D eigenvalue weighted by atomic mass is 16.5. The van der Waals surface area contributed by atoms with Gasteiger partial charge in [-0.05, 0) is 6.42 Å². The lowest BCUT2D eigenvalue weighted by Gasteiger charge is -1.99. The van der Waals surface area contributed by atoms with Gasteiger partial charge in [0.05, 0.1) is 6.61 Å². The lowest BCUT2D eigenvalue weighted by molar-refractivity contribution is -0.156. The number of esters is 1. The molecule has 68 valence electrons. The summed E-state index contributed by atoms with van der Waals surface area (Å²) in [6.45, 7) is 3.18. The van der Waals surface area contributed by atoms with E-state index in [1.807, 2.05) is 6.92 Å². The van der Waals surface area contributed by atoms with Crippen LogP contribution < -0.4 is 0 Å². The van der Waals surface area contributed by atoms with Gasteiger partial charge in [-0.2, -0.15) is 0 Å². The fourth-order valence-corrected chi connectivity index (χ4v) is 0.518. The molecule has 0 aromatic rings.